The fourth-order valence-electron chi connectivity index (χ4n) is 3.31. The molecular weight excluding hydrogens is 300 g/mol. The zero-order valence-electron chi connectivity index (χ0n) is 14.1. The van der Waals surface area contributed by atoms with Gasteiger partial charge in [-0.3, -0.25) is 0 Å². The van der Waals surface area contributed by atoms with Crippen LogP contribution in [0.3, 0.4) is 0 Å². The molecule has 1 saturated heterocycles. The topological polar surface area (TPSA) is 59.1 Å². The number of para-hydroxylation sites is 2. The van der Waals surface area contributed by atoms with Crippen molar-refractivity contribution in [2.24, 2.45) is 5.92 Å². The summed E-state index contributed by atoms with van der Waals surface area (Å²) in [5.41, 5.74) is 1.81. The molecular formula is C19H26N4O. The van der Waals surface area contributed by atoms with Gasteiger partial charge >= 0.3 is 0 Å². The Morgan fingerprint density at radius 3 is 2.54 bits per heavy atom. The molecule has 4 rings (SSSR count). The van der Waals surface area contributed by atoms with Crippen molar-refractivity contribution in [2.75, 3.05) is 25.0 Å². The van der Waals surface area contributed by atoms with E-state index < -0.39 is 0 Å². The van der Waals surface area contributed by atoms with Crippen LogP contribution in [-0.4, -0.2) is 35.7 Å². The van der Waals surface area contributed by atoms with Crippen molar-refractivity contribution in [1.82, 2.24) is 15.3 Å². The number of nitrogens with one attached hydrogen (secondary N) is 2. The van der Waals surface area contributed by atoms with Crippen molar-refractivity contribution in [2.45, 2.75) is 44.6 Å². The monoisotopic (exact) mass is 326 g/mol. The summed E-state index contributed by atoms with van der Waals surface area (Å²) >= 11 is 0. The lowest BCUT2D eigenvalue weighted by molar-refractivity contribution is 0.267. The highest BCUT2D eigenvalue weighted by Gasteiger charge is 2.24. The Kier molecular flexibility index (Phi) is 4.78. The Morgan fingerprint density at radius 2 is 1.79 bits per heavy atom. The van der Waals surface area contributed by atoms with Gasteiger partial charge in [-0.05, 0) is 69.7 Å². The maximum Gasteiger partial charge on any atom is 0.258 e. The van der Waals surface area contributed by atoms with E-state index in [9.17, 15) is 0 Å². The molecule has 5 nitrogen and oxygen atoms in total. The second kappa shape index (κ2) is 7.34. The van der Waals surface area contributed by atoms with E-state index in [1.165, 1.54) is 32.1 Å². The summed E-state index contributed by atoms with van der Waals surface area (Å²) < 4.78 is 6.01. The number of piperidine rings is 1. The number of fused-ring (bicyclic) bond motifs is 1. The Bertz CT molecular complexity index is 680. The van der Waals surface area contributed by atoms with E-state index in [1.54, 1.807) is 0 Å². The van der Waals surface area contributed by atoms with Gasteiger partial charge in [0.1, 0.15) is 0 Å². The van der Waals surface area contributed by atoms with E-state index in [0.717, 1.165) is 48.9 Å². The maximum absolute atomic E-state index is 6.01. The lowest BCUT2D eigenvalue weighted by atomic mass is 9.93. The quantitative estimate of drug-likeness (QED) is 0.764. The Balaban J connectivity index is 1.39. The fourth-order valence-corrected chi connectivity index (χ4v) is 3.31. The zero-order valence-corrected chi connectivity index (χ0v) is 14.1. The van der Waals surface area contributed by atoms with Crippen LogP contribution in [0.15, 0.2) is 24.3 Å². The largest absolute Gasteiger partial charge is 0.475 e. The van der Waals surface area contributed by atoms with Crippen molar-refractivity contribution in [3.8, 4) is 5.88 Å². The molecule has 1 aliphatic heterocycles. The van der Waals surface area contributed by atoms with Crippen molar-refractivity contribution >= 4 is 16.9 Å². The van der Waals surface area contributed by atoms with E-state index in [2.05, 4.69) is 15.6 Å². The molecule has 0 spiro atoms. The minimum absolute atomic E-state index is 0.539. The Morgan fingerprint density at radius 1 is 1.04 bits per heavy atom. The molecule has 0 radical (unpaired) electrons. The van der Waals surface area contributed by atoms with Crippen LogP contribution < -0.4 is 15.4 Å². The van der Waals surface area contributed by atoms with Crippen LogP contribution in [0.1, 0.15) is 38.5 Å². The van der Waals surface area contributed by atoms with Gasteiger partial charge in [-0.15, -0.1) is 0 Å². The van der Waals surface area contributed by atoms with Crippen molar-refractivity contribution < 1.29 is 4.74 Å². The van der Waals surface area contributed by atoms with Gasteiger partial charge in [-0.1, -0.05) is 12.1 Å². The molecule has 2 aromatic rings. The number of anilines is 1. The van der Waals surface area contributed by atoms with Gasteiger partial charge < -0.3 is 15.4 Å². The highest BCUT2D eigenvalue weighted by atomic mass is 16.5. The van der Waals surface area contributed by atoms with Crippen LogP contribution in [-0.2, 0) is 0 Å². The van der Waals surface area contributed by atoms with E-state index >= 15 is 0 Å². The molecule has 0 bridgehead atoms. The average Bonchev–Trinajstić information content (AvgIpc) is 3.44. The second-order valence-corrected chi connectivity index (χ2v) is 6.97. The predicted octanol–water partition coefficient (Wildman–Crippen LogP) is 3.36. The Hall–Kier alpha value is -1.88. The number of nitrogens with zero attached hydrogens (tertiary/aromatic N) is 2. The van der Waals surface area contributed by atoms with E-state index in [-0.39, 0.29) is 0 Å². The molecule has 0 unspecified atom stereocenters. The first-order valence-corrected chi connectivity index (χ1v) is 9.25. The molecule has 1 saturated carbocycles. The third-order valence-corrected chi connectivity index (χ3v) is 4.91. The highest BCUT2D eigenvalue weighted by Crippen LogP contribution is 2.30. The van der Waals surface area contributed by atoms with Crippen LogP contribution in [0.2, 0.25) is 0 Å². The number of rotatable bonds is 7. The maximum atomic E-state index is 6.01. The SMILES string of the molecule is c1ccc2nc(OCCCC3CCNCC3)c(NC3CC3)nc2c1. The first-order chi connectivity index (χ1) is 11.9. The van der Waals surface area contributed by atoms with E-state index in [4.69, 9.17) is 9.72 Å². The third kappa shape index (κ3) is 3.96. The fraction of sp³-hybridized carbons (Fsp3) is 0.579. The Labute approximate surface area is 143 Å². The minimum atomic E-state index is 0.539. The second-order valence-electron chi connectivity index (χ2n) is 6.97. The number of hydrogen-bond acceptors (Lipinski definition) is 5. The first-order valence-electron chi connectivity index (χ1n) is 9.25. The molecule has 0 atom stereocenters. The molecule has 1 aromatic heterocycles. The summed E-state index contributed by atoms with van der Waals surface area (Å²) in [6, 6.07) is 8.52. The number of hydrogen-bond donors (Lipinski definition) is 2. The standard InChI is InChI=1S/C19H26N4O/c1-2-6-17-16(5-1)22-18(21-15-7-8-15)19(23-17)24-13-3-4-14-9-11-20-12-10-14/h1-2,5-6,14-15,20H,3-4,7-13H2,(H,21,22). The van der Waals surface area contributed by atoms with Gasteiger partial charge in [0, 0.05) is 6.04 Å². The lowest BCUT2D eigenvalue weighted by Gasteiger charge is -2.22. The molecule has 2 aliphatic rings. The predicted molar refractivity (Wildman–Crippen MR) is 96.5 cm³/mol. The van der Waals surface area contributed by atoms with Gasteiger partial charge in [0.2, 0.25) is 0 Å². The molecule has 1 aliphatic carbocycles. The summed E-state index contributed by atoms with van der Waals surface area (Å²) in [5, 5.41) is 6.88. The molecule has 2 N–H and O–H groups in total. The van der Waals surface area contributed by atoms with Gasteiger partial charge in [0.25, 0.3) is 5.88 Å². The lowest BCUT2D eigenvalue weighted by Crippen LogP contribution is -2.27. The smallest absolute Gasteiger partial charge is 0.258 e. The average molecular weight is 326 g/mol. The van der Waals surface area contributed by atoms with Crippen molar-refractivity contribution in [3.05, 3.63) is 24.3 Å². The highest BCUT2D eigenvalue weighted by molar-refractivity contribution is 5.77. The van der Waals surface area contributed by atoms with Crippen LogP contribution in [0, 0.1) is 5.92 Å². The molecule has 2 heterocycles. The van der Waals surface area contributed by atoms with E-state index in [0.29, 0.717) is 11.9 Å². The summed E-state index contributed by atoms with van der Waals surface area (Å²) in [4.78, 5) is 9.40. The number of aromatic nitrogens is 2. The van der Waals surface area contributed by atoms with Crippen molar-refractivity contribution in [3.63, 3.8) is 0 Å². The molecule has 0 amide bonds. The zero-order chi connectivity index (χ0) is 16.2. The minimum Gasteiger partial charge on any atom is -0.475 e. The van der Waals surface area contributed by atoms with Gasteiger partial charge in [-0.25, -0.2) is 9.97 Å². The van der Waals surface area contributed by atoms with Crippen LogP contribution in [0.5, 0.6) is 5.88 Å². The summed E-state index contributed by atoms with van der Waals surface area (Å²) in [6.07, 6.45) is 7.35. The normalized spacial score (nSPS) is 18.7. The summed E-state index contributed by atoms with van der Waals surface area (Å²) in [6.45, 7) is 3.05. The number of ether oxygens (including phenoxy) is 1. The number of benzene rings is 1. The third-order valence-electron chi connectivity index (χ3n) is 4.91. The molecule has 2 fully saturated rings. The molecule has 128 valence electrons. The first kappa shape index (κ1) is 15.6. The van der Waals surface area contributed by atoms with E-state index in [1.807, 2.05) is 24.3 Å². The van der Waals surface area contributed by atoms with Crippen LogP contribution >= 0.6 is 0 Å². The van der Waals surface area contributed by atoms with Gasteiger partial charge in [0.05, 0.1) is 17.6 Å². The van der Waals surface area contributed by atoms with Crippen LogP contribution in [0.4, 0.5) is 5.82 Å². The summed E-state index contributed by atoms with van der Waals surface area (Å²) in [5.74, 6) is 2.31. The molecule has 5 heteroatoms. The molecule has 1 aromatic carbocycles. The van der Waals surface area contributed by atoms with Crippen molar-refractivity contribution in [1.29, 1.82) is 0 Å². The summed E-state index contributed by atoms with van der Waals surface area (Å²) in [7, 11) is 0. The van der Waals surface area contributed by atoms with Gasteiger partial charge in [0.15, 0.2) is 5.82 Å². The van der Waals surface area contributed by atoms with Crippen LogP contribution in [0.25, 0.3) is 11.0 Å². The molecule has 24 heavy (non-hydrogen) atoms. The van der Waals surface area contributed by atoms with Gasteiger partial charge in [-0.2, -0.15) is 0 Å².